The Morgan fingerprint density at radius 2 is 1.84 bits per heavy atom. The molecule has 1 N–H and O–H groups in total. The Hall–Kier alpha value is -3.72. The van der Waals surface area contributed by atoms with Crippen LogP contribution in [0.25, 0.3) is 10.9 Å². The number of hydrogen-bond acceptors (Lipinski definition) is 7. The Kier molecular flexibility index (Phi) is 7.50. The lowest BCUT2D eigenvalue weighted by atomic mass is 10.1. The van der Waals surface area contributed by atoms with Crippen molar-refractivity contribution in [1.82, 2.24) is 30.1 Å². The summed E-state index contributed by atoms with van der Waals surface area (Å²) in [6.07, 6.45) is 5.40. The number of aryl methyl sites for hydroxylation is 1. The van der Waals surface area contributed by atoms with E-state index in [4.69, 9.17) is 9.47 Å². The highest BCUT2D eigenvalue weighted by atomic mass is 16.5. The largest absolute Gasteiger partial charge is 0.493 e. The fourth-order valence-corrected chi connectivity index (χ4v) is 5.20. The van der Waals surface area contributed by atoms with E-state index in [-0.39, 0.29) is 5.56 Å². The topological polar surface area (TPSA) is 98.2 Å². The number of methoxy groups -OCH3 is 2. The Bertz CT molecular complexity index is 1420. The molecule has 0 aliphatic heterocycles. The van der Waals surface area contributed by atoms with Gasteiger partial charge in [-0.1, -0.05) is 31.0 Å². The third-order valence-corrected chi connectivity index (χ3v) is 7.23. The van der Waals surface area contributed by atoms with E-state index in [9.17, 15) is 4.79 Å². The fraction of sp³-hybridized carbons (Fsp3) is 0.429. The van der Waals surface area contributed by atoms with Crippen LogP contribution in [0.4, 0.5) is 0 Å². The van der Waals surface area contributed by atoms with Crippen LogP contribution in [-0.4, -0.2) is 50.9 Å². The van der Waals surface area contributed by atoms with Crippen molar-refractivity contribution >= 4 is 10.9 Å². The zero-order valence-corrected chi connectivity index (χ0v) is 21.7. The molecule has 4 aromatic rings. The summed E-state index contributed by atoms with van der Waals surface area (Å²) in [6.45, 7) is 3.79. The number of benzene rings is 2. The molecular weight excluding hydrogens is 468 g/mol. The van der Waals surface area contributed by atoms with Gasteiger partial charge in [0.25, 0.3) is 5.56 Å². The first-order valence-electron chi connectivity index (χ1n) is 12.9. The first-order chi connectivity index (χ1) is 18.0. The third kappa shape index (κ3) is 5.67. The number of H-pyrrole nitrogens is 1. The molecule has 1 aliphatic carbocycles. The van der Waals surface area contributed by atoms with E-state index < -0.39 is 0 Å². The average Bonchev–Trinajstić information content (AvgIpc) is 3.59. The monoisotopic (exact) mass is 502 g/mol. The summed E-state index contributed by atoms with van der Waals surface area (Å²) in [5.41, 5.74) is 3.76. The van der Waals surface area contributed by atoms with Crippen LogP contribution in [0.5, 0.6) is 11.5 Å². The maximum atomic E-state index is 13.0. The highest BCUT2D eigenvalue weighted by Crippen LogP contribution is 2.30. The molecule has 1 aliphatic rings. The molecule has 9 heteroatoms. The van der Waals surface area contributed by atoms with Crippen molar-refractivity contribution in [2.24, 2.45) is 0 Å². The number of nitrogens with zero attached hydrogens (tertiary/aromatic N) is 5. The summed E-state index contributed by atoms with van der Waals surface area (Å²) in [7, 11) is 3.28. The molecule has 5 rings (SSSR count). The maximum absolute atomic E-state index is 13.0. The van der Waals surface area contributed by atoms with Crippen molar-refractivity contribution in [3.05, 3.63) is 75.3 Å². The predicted molar refractivity (Wildman–Crippen MR) is 142 cm³/mol. The van der Waals surface area contributed by atoms with Gasteiger partial charge in [-0.25, -0.2) is 4.68 Å². The Balaban J connectivity index is 1.41. The molecule has 0 radical (unpaired) electrons. The van der Waals surface area contributed by atoms with Gasteiger partial charge in [0, 0.05) is 24.2 Å². The summed E-state index contributed by atoms with van der Waals surface area (Å²) in [5, 5.41) is 13.7. The molecule has 0 spiro atoms. The maximum Gasteiger partial charge on any atom is 0.252 e. The Morgan fingerprint density at radius 1 is 1.03 bits per heavy atom. The van der Waals surface area contributed by atoms with Crippen molar-refractivity contribution in [1.29, 1.82) is 0 Å². The molecule has 194 valence electrons. The SMILES string of the molecule is COc1ccc(CCN(Cc2cc3ccc(C)cc3[nH]c2=O)Cc2nnnn2C2CCCC2)cc1OC. The van der Waals surface area contributed by atoms with Gasteiger partial charge in [-0.15, -0.1) is 5.10 Å². The number of rotatable bonds is 10. The number of fused-ring (bicyclic) bond motifs is 1. The number of hydrogen-bond donors (Lipinski definition) is 1. The van der Waals surface area contributed by atoms with E-state index in [2.05, 4.69) is 37.5 Å². The zero-order chi connectivity index (χ0) is 25.8. The molecule has 2 aromatic heterocycles. The van der Waals surface area contributed by atoms with E-state index in [0.717, 1.165) is 59.2 Å². The Morgan fingerprint density at radius 3 is 2.62 bits per heavy atom. The number of ether oxygens (including phenoxy) is 2. The first kappa shape index (κ1) is 25.0. The average molecular weight is 503 g/mol. The highest BCUT2D eigenvalue weighted by Gasteiger charge is 2.23. The first-order valence-corrected chi connectivity index (χ1v) is 12.9. The van der Waals surface area contributed by atoms with Crippen LogP contribution in [0.1, 0.15) is 54.2 Å². The van der Waals surface area contributed by atoms with Gasteiger partial charge in [-0.3, -0.25) is 9.69 Å². The summed E-state index contributed by atoms with van der Waals surface area (Å²) >= 11 is 0. The minimum Gasteiger partial charge on any atom is -0.493 e. The van der Waals surface area contributed by atoms with Crippen LogP contribution in [0.2, 0.25) is 0 Å². The summed E-state index contributed by atoms with van der Waals surface area (Å²) in [5.74, 6) is 2.25. The standard InChI is InChI=1S/C28H34N6O3/c1-19-8-10-21-16-22(28(35)29-24(21)14-19)17-33(13-12-20-9-11-25(36-2)26(15-20)37-3)18-27-30-31-32-34(27)23-6-4-5-7-23/h8-11,14-16,23H,4-7,12-13,17-18H2,1-3H3,(H,29,35). The Labute approximate surface area is 216 Å². The zero-order valence-electron chi connectivity index (χ0n) is 21.7. The number of tetrazole rings is 1. The van der Waals surface area contributed by atoms with E-state index in [1.807, 2.05) is 41.9 Å². The van der Waals surface area contributed by atoms with Crippen LogP contribution < -0.4 is 15.0 Å². The minimum absolute atomic E-state index is 0.0652. The minimum atomic E-state index is -0.0652. The van der Waals surface area contributed by atoms with E-state index in [0.29, 0.717) is 30.6 Å². The van der Waals surface area contributed by atoms with E-state index >= 15 is 0 Å². The lowest BCUT2D eigenvalue weighted by Crippen LogP contribution is -2.30. The molecule has 37 heavy (non-hydrogen) atoms. The molecule has 9 nitrogen and oxygen atoms in total. The van der Waals surface area contributed by atoms with Crippen LogP contribution in [0.3, 0.4) is 0 Å². The summed E-state index contributed by atoms with van der Waals surface area (Å²) < 4.78 is 12.9. The van der Waals surface area contributed by atoms with Gasteiger partial charge in [0.05, 0.1) is 26.8 Å². The van der Waals surface area contributed by atoms with Crippen LogP contribution >= 0.6 is 0 Å². The highest BCUT2D eigenvalue weighted by molar-refractivity contribution is 5.79. The van der Waals surface area contributed by atoms with Gasteiger partial charge in [0.2, 0.25) is 0 Å². The van der Waals surface area contributed by atoms with Crippen molar-refractivity contribution in [3.63, 3.8) is 0 Å². The second-order valence-corrected chi connectivity index (χ2v) is 9.84. The number of nitrogens with one attached hydrogen (secondary N) is 1. The molecular formula is C28H34N6O3. The van der Waals surface area contributed by atoms with Crippen molar-refractivity contribution < 1.29 is 9.47 Å². The van der Waals surface area contributed by atoms with Crippen LogP contribution in [0, 0.1) is 6.92 Å². The quantitative estimate of drug-likeness (QED) is 0.347. The lowest BCUT2D eigenvalue weighted by molar-refractivity contribution is 0.243. The van der Waals surface area contributed by atoms with Crippen molar-refractivity contribution in [2.75, 3.05) is 20.8 Å². The van der Waals surface area contributed by atoms with E-state index in [1.165, 1.54) is 12.8 Å². The molecule has 0 amide bonds. The molecule has 0 saturated heterocycles. The van der Waals surface area contributed by atoms with Gasteiger partial charge < -0.3 is 14.5 Å². The van der Waals surface area contributed by atoms with Crippen LogP contribution in [0.15, 0.2) is 47.3 Å². The van der Waals surface area contributed by atoms with Crippen molar-refractivity contribution in [3.8, 4) is 11.5 Å². The fourth-order valence-electron chi connectivity index (χ4n) is 5.20. The molecule has 0 atom stereocenters. The molecule has 1 saturated carbocycles. The third-order valence-electron chi connectivity index (χ3n) is 7.23. The second-order valence-electron chi connectivity index (χ2n) is 9.84. The van der Waals surface area contributed by atoms with Gasteiger partial charge in [-0.2, -0.15) is 0 Å². The molecule has 0 unspecified atom stereocenters. The molecule has 2 heterocycles. The number of pyridine rings is 1. The van der Waals surface area contributed by atoms with Gasteiger partial charge >= 0.3 is 0 Å². The van der Waals surface area contributed by atoms with Gasteiger partial charge in [0.1, 0.15) is 0 Å². The normalized spacial score (nSPS) is 14.1. The molecule has 2 aromatic carbocycles. The summed E-state index contributed by atoms with van der Waals surface area (Å²) in [6, 6.07) is 14.5. The molecule has 0 bridgehead atoms. The van der Waals surface area contributed by atoms with Crippen molar-refractivity contribution in [2.45, 2.75) is 58.2 Å². The second kappa shape index (κ2) is 11.1. The number of aromatic amines is 1. The van der Waals surface area contributed by atoms with E-state index in [1.54, 1.807) is 14.2 Å². The summed E-state index contributed by atoms with van der Waals surface area (Å²) in [4.78, 5) is 18.3. The smallest absolute Gasteiger partial charge is 0.252 e. The molecule has 1 fully saturated rings. The van der Waals surface area contributed by atoms with Crippen LogP contribution in [-0.2, 0) is 19.5 Å². The predicted octanol–water partition coefficient (Wildman–Crippen LogP) is 4.20. The lowest BCUT2D eigenvalue weighted by Gasteiger charge is -2.23. The van der Waals surface area contributed by atoms with Gasteiger partial charge in [0.15, 0.2) is 17.3 Å². The number of aromatic nitrogens is 5. The van der Waals surface area contributed by atoms with Gasteiger partial charge in [-0.05, 0) is 77.4 Å².